The zero-order chi connectivity index (χ0) is 13.4. The van der Waals surface area contributed by atoms with Gasteiger partial charge in [0.2, 0.25) is 0 Å². The van der Waals surface area contributed by atoms with Crippen molar-refractivity contribution in [2.45, 2.75) is 72.4 Å². The fraction of sp³-hybridized carbons (Fsp3) is 1.00. The van der Waals surface area contributed by atoms with Crippen LogP contribution >= 0.6 is 0 Å². The summed E-state index contributed by atoms with van der Waals surface area (Å²) in [7, 11) is 0. The highest BCUT2D eigenvalue weighted by Crippen LogP contribution is 2.37. The fourth-order valence-electron chi connectivity index (χ4n) is 3.43. The molecule has 106 valence electrons. The molecule has 2 fully saturated rings. The first-order chi connectivity index (χ1) is 8.28. The summed E-state index contributed by atoms with van der Waals surface area (Å²) >= 11 is 0. The van der Waals surface area contributed by atoms with E-state index >= 15 is 0 Å². The van der Waals surface area contributed by atoms with Crippen molar-refractivity contribution >= 4 is 0 Å². The molecule has 1 aliphatic carbocycles. The zero-order valence-electron chi connectivity index (χ0n) is 13.1. The van der Waals surface area contributed by atoms with Crippen molar-refractivity contribution in [2.24, 2.45) is 10.8 Å². The average molecular weight is 252 g/mol. The second-order valence-electron chi connectivity index (χ2n) is 8.26. The Morgan fingerprint density at radius 2 is 1.72 bits per heavy atom. The summed E-state index contributed by atoms with van der Waals surface area (Å²) in [6, 6.07) is 1.51. The Hall–Kier alpha value is -0.0800. The molecular weight excluding hydrogens is 220 g/mol. The summed E-state index contributed by atoms with van der Waals surface area (Å²) in [5, 5.41) is 3.70. The molecule has 0 amide bonds. The first kappa shape index (κ1) is 14.3. The van der Waals surface area contributed by atoms with Crippen LogP contribution in [0.3, 0.4) is 0 Å². The van der Waals surface area contributed by atoms with E-state index in [0.717, 1.165) is 6.04 Å². The molecule has 1 atom stereocenters. The van der Waals surface area contributed by atoms with Crippen molar-refractivity contribution in [1.29, 1.82) is 0 Å². The maximum Gasteiger partial charge on any atom is 0.0244 e. The van der Waals surface area contributed by atoms with Gasteiger partial charge in [-0.2, -0.15) is 0 Å². The second-order valence-corrected chi connectivity index (χ2v) is 8.26. The lowest BCUT2D eigenvalue weighted by molar-refractivity contribution is 0.0584. The molecule has 1 aliphatic heterocycles. The molecule has 1 saturated heterocycles. The van der Waals surface area contributed by atoms with Crippen LogP contribution in [0.2, 0.25) is 0 Å². The Balaban J connectivity index is 1.90. The number of rotatable bonds is 1. The van der Waals surface area contributed by atoms with E-state index in [4.69, 9.17) is 0 Å². The maximum absolute atomic E-state index is 3.70. The van der Waals surface area contributed by atoms with Crippen molar-refractivity contribution < 1.29 is 0 Å². The van der Waals surface area contributed by atoms with Gasteiger partial charge in [-0.05, 0) is 36.5 Å². The smallest absolute Gasteiger partial charge is 0.0244 e. The standard InChI is InChI=1S/C16H32N2/c1-15(2,3)14-12-18(11-10-17-14)13-6-8-16(4,5)9-7-13/h13-14,17H,6-12H2,1-5H3. The molecule has 0 aromatic carbocycles. The minimum Gasteiger partial charge on any atom is -0.311 e. The summed E-state index contributed by atoms with van der Waals surface area (Å²) in [4.78, 5) is 2.77. The Morgan fingerprint density at radius 3 is 2.28 bits per heavy atom. The number of nitrogens with zero attached hydrogens (tertiary/aromatic N) is 1. The number of hydrogen-bond acceptors (Lipinski definition) is 2. The van der Waals surface area contributed by atoms with Gasteiger partial charge in [-0.15, -0.1) is 0 Å². The van der Waals surface area contributed by atoms with E-state index in [1.807, 2.05) is 0 Å². The molecule has 2 aliphatic rings. The minimum absolute atomic E-state index is 0.382. The number of nitrogens with one attached hydrogen (secondary N) is 1. The molecule has 0 radical (unpaired) electrons. The van der Waals surface area contributed by atoms with Crippen molar-refractivity contribution in [1.82, 2.24) is 10.2 Å². The van der Waals surface area contributed by atoms with Gasteiger partial charge < -0.3 is 5.32 Å². The van der Waals surface area contributed by atoms with Crippen LogP contribution in [0.1, 0.15) is 60.3 Å². The first-order valence-electron chi connectivity index (χ1n) is 7.75. The van der Waals surface area contributed by atoms with E-state index in [-0.39, 0.29) is 0 Å². The van der Waals surface area contributed by atoms with Crippen molar-refractivity contribution in [3.8, 4) is 0 Å². The monoisotopic (exact) mass is 252 g/mol. The number of hydrogen-bond donors (Lipinski definition) is 1. The third-order valence-corrected chi connectivity index (χ3v) is 5.08. The molecular formula is C16H32N2. The van der Waals surface area contributed by atoms with Gasteiger partial charge in [0.1, 0.15) is 0 Å². The summed E-state index contributed by atoms with van der Waals surface area (Å²) in [6.45, 7) is 15.6. The Labute approximate surface area is 114 Å². The van der Waals surface area contributed by atoms with Gasteiger partial charge in [0.15, 0.2) is 0 Å². The van der Waals surface area contributed by atoms with Crippen molar-refractivity contribution in [3.05, 3.63) is 0 Å². The predicted octanol–water partition coefficient (Wildman–Crippen LogP) is 3.28. The van der Waals surface area contributed by atoms with Crippen LogP contribution in [0.15, 0.2) is 0 Å². The molecule has 1 saturated carbocycles. The molecule has 2 rings (SSSR count). The van der Waals surface area contributed by atoms with E-state index in [0.29, 0.717) is 16.9 Å². The Morgan fingerprint density at radius 1 is 1.11 bits per heavy atom. The molecule has 2 nitrogen and oxygen atoms in total. The third-order valence-electron chi connectivity index (χ3n) is 5.08. The van der Waals surface area contributed by atoms with Crippen LogP contribution in [0, 0.1) is 10.8 Å². The van der Waals surface area contributed by atoms with E-state index in [1.165, 1.54) is 45.3 Å². The SMILES string of the molecule is CC1(C)CCC(N2CCNC(C(C)(C)C)C2)CC1. The third kappa shape index (κ3) is 3.48. The fourth-order valence-corrected chi connectivity index (χ4v) is 3.43. The highest BCUT2D eigenvalue weighted by molar-refractivity contribution is 4.92. The molecule has 2 heteroatoms. The predicted molar refractivity (Wildman–Crippen MR) is 78.9 cm³/mol. The van der Waals surface area contributed by atoms with E-state index in [9.17, 15) is 0 Å². The van der Waals surface area contributed by atoms with E-state index < -0.39 is 0 Å². The molecule has 0 spiro atoms. The summed E-state index contributed by atoms with van der Waals surface area (Å²) in [5.41, 5.74) is 0.973. The van der Waals surface area contributed by atoms with Crippen LogP contribution in [-0.2, 0) is 0 Å². The lowest BCUT2D eigenvalue weighted by Crippen LogP contribution is -2.58. The van der Waals surface area contributed by atoms with Gasteiger partial charge >= 0.3 is 0 Å². The average Bonchev–Trinajstić information content (AvgIpc) is 2.28. The van der Waals surface area contributed by atoms with Crippen LogP contribution in [0.25, 0.3) is 0 Å². The topological polar surface area (TPSA) is 15.3 Å². The molecule has 0 aromatic rings. The lowest BCUT2D eigenvalue weighted by atomic mass is 9.75. The second kappa shape index (κ2) is 5.13. The quantitative estimate of drug-likeness (QED) is 0.770. The van der Waals surface area contributed by atoms with Gasteiger partial charge in [-0.1, -0.05) is 34.6 Å². The van der Waals surface area contributed by atoms with Crippen LogP contribution < -0.4 is 5.32 Å². The summed E-state index contributed by atoms with van der Waals surface area (Å²) < 4.78 is 0. The van der Waals surface area contributed by atoms with Crippen LogP contribution in [-0.4, -0.2) is 36.6 Å². The highest BCUT2D eigenvalue weighted by Gasteiger charge is 2.35. The largest absolute Gasteiger partial charge is 0.311 e. The molecule has 1 heterocycles. The van der Waals surface area contributed by atoms with Gasteiger partial charge in [-0.3, -0.25) is 4.90 Å². The number of piperazine rings is 1. The Bertz CT molecular complexity index is 267. The molecule has 1 N–H and O–H groups in total. The summed E-state index contributed by atoms with van der Waals surface area (Å²) in [6.07, 6.45) is 5.62. The van der Waals surface area contributed by atoms with Gasteiger partial charge in [-0.25, -0.2) is 0 Å². The molecule has 18 heavy (non-hydrogen) atoms. The molecule has 1 unspecified atom stereocenters. The van der Waals surface area contributed by atoms with E-state index in [2.05, 4.69) is 44.8 Å². The maximum atomic E-state index is 3.70. The molecule has 0 aromatic heterocycles. The molecule has 0 bridgehead atoms. The first-order valence-corrected chi connectivity index (χ1v) is 7.75. The van der Waals surface area contributed by atoms with Gasteiger partial charge in [0.05, 0.1) is 0 Å². The van der Waals surface area contributed by atoms with Crippen molar-refractivity contribution in [2.75, 3.05) is 19.6 Å². The zero-order valence-corrected chi connectivity index (χ0v) is 13.1. The lowest BCUT2D eigenvalue weighted by Gasteiger charge is -2.46. The Kier molecular flexibility index (Phi) is 4.08. The minimum atomic E-state index is 0.382. The van der Waals surface area contributed by atoms with Gasteiger partial charge in [0.25, 0.3) is 0 Å². The van der Waals surface area contributed by atoms with Crippen LogP contribution in [0.5, 0.6) is 0 Å². The van der Waals surface area contributed by atoms with E-state index in [1.54, 1.807) is 0 Å². The van der Waals surface area contributed by atoms with Crippen LogP contribution in [0.4, 0.5) is 0 Å². The van der Waals surface area contributed by atoms with Gasteiger partial charge in [0, 0.05) is 31.7 Å². The van der Waals surface area contributed by atoms with Crippen molar-refractivity contribution in [3.63, 3.8) is 0 Å². The normalized spacial score (nSPS) is 31.5. The highest BCUT2D eigenvalue weighted by atomic mass is 15.2. The summed E-state index contributed by atoms with van der Waals surface area (Å²) in [5.74, 6) is 0.